The lowest BCUT2D eigenvalue weighted by molar-refractivity contribution is -0.137. The van der Waals surface area contributed by atoms with Crippen LogP contribution in [-0.4, -0.2) is 21.7 Å². The standard InChI is InChI=1S/C16H15F3N2O/c17-16(18,19)13-5-3-11(4-6-13)15-20-9-12(7-8-22)14(21-15)10-1-2-10/h3-6,9-10,22H,1-2,7-8H2. The molecule has 0 spiro atoms. The number of nitrogens with zero attached hydrogens (tertiary/aromatic N) is 2. The number of alkyl halides is 3. The normalized spacial score (nSPS) is 15.1. The molecule has 0 atom stereocenters. The molecule has 0 aliphatic heterocycles. The highest BCUT2D eigenvalue weighted by molar-refractivity contribution is 5.56. The first-order valence-electron chi connectivity index (χ1n) is 7.13. The molecule has 0 amide bonds. The van der Waals surface area contributed by atoms with Crippen LogP contribution in [0.15, 0.2) is 30.5 Å². The van der Waals surface area contributed by atoms with Gasteiger partial charge in [-0.25, -0.2) is 9.97 Å². The summed E-state index contributed by atoms with van der Waals surface area (Å²) in [6, 6.07) is 4.86. The van der Waals surface area contributed by atoms with Crippen LogP contribution in [0.1, 0.15) is 35.6 Å². The highest BCUT2D eigenvalue weighted by atomic mass is 19.4. The fraction of sp³-hybridized carbons (Fsp3) is 0.375. The first-order valence-corrected chi connectivity index (χ1v) is 7.13. The predicted molar refractivity (Wildman–Crippen MR) is 75.2 cm³/mol. The van der Waals surface area contributed by atoms with Crippen LogP contribution in [0.25, 0.3) is 11.4 Å². The van der Waals surface area contributed by atoms with E-state index in [9.17, 15) is 13.2 Å². The largest absolute Gasteiger partial charge is 0.416 e. The van der Waals surface area contributed by atoms with Crippen molar-refractivity contribution in [3.05, 3.63) is 47.3 Å². The van der Waals surface area contributed by atoms with E-state index in [1.807, 2.05) is 0 Å². The highest BCUT2D eigenvalue weighted by Gasteiger charge is 2.30. The third-order valence-corrected chi connectivity index (χ3v) is 3.71. The Morgan fingerprint density at radius 3 is 2.36 bits per heavy atom. The molecule has 3 rings (SSSR count). The van der Waals surface area contributed by atoms with E-state index in [1.54, 1.807) is 6.20 Å². The number of benzene rings is 1. The molecule has 1 aliphatic carbocycles. The van der Waals surface area contributed by atoms with Gasteiger partial charge in [-0.2, -0.15) is 13.2 Å². The Balaban J connectivity index is 1.93. The van der Waals surface area contributed by atoms with Gasteiger partial charge in [0.05, 0.1) is 11.3 Å². The molecule has 1 aromatic carbocycles. The maximum Gasteiger partial charge on any atom is 0.416 e. The molecule has 116 valence electrons. The molecule has 1 fully saturated rings. The zero-order valence-corrected chi connectivity index (χ0v) is 11.8. The van der Waals surface area contributed by atoms with Gasteiger partial charge in [0.1, 0.15) is 0 Å². The maximum atomic E-state index is 12.6. The molecule has 1 aromatic heterocycles. The summed E-state index contributed by atoms with van der Waals surface area (Å²) in [6.45, 7) is 0.0305. The Labute approximate surface area is 125 Å². The number of hydrogen-bond donors (Lipinski definition) is 1. The van der Waals surface area contributed by atoms with Crippen LogP contribution in [0.4, 0.5) is 13.2 Å². The van der Waals surface area contributed by atoms with Crippen LogP contribution >= 0.6 is 0 Å². The summed E-state index contributed by atoms with van der Waals surface area (Å²) in [7, 11) is 0. The van der Waals surface area contributed by atoms with Gasteiger partial charge >= 0.3 is 6.18 Å². The topological polar surface area (TPSA) is 46.0 Å². The van der Waals surface area contributed by atoms with Gasteiger partial charge in [0, 0.05) is 24.3 Å². The number of hydrogen-bond acceptors (Lipinski definition) is 3. The number of halogens is 3. The van der Waals surface area contributed by atoms with Crippen LogP contribution in [-0.2, 0) is 12.6 Å². The SMILES string of the molecule is OCCc1cnc(-c2ccc(C(F)(F)F)cc2)nc1C1CC1. The highest BCUT2D eigenvalue weighted by Crippen LogP contribution is 2.41. The fourth-order valence-electron chi connectivity index (χ4n) is 2.39. The fourth-order valence-corrected chi connectivity index (χ4v) is 2.39. The van der Waals surface area contributed by atoms with E-state index >= 15 is 0 Å². The van der Waals surface area contributed by atoms with Crippen molar-refractivity contribution in [2.75, 3.05) is 6.61 Å². The Hall–Kier alpha value is -1.95. The second-order valence-electron chi connectivity index (χ2n) is 5.43. The Bertz CT molecular complexity index is 664. The summed E-state index contributed by atoms with van der Waals surface area (Å²) < 4.78 is 37.7. The predicted octanol–water partition coefficient (Wildman–Crippen LogP) is 3.57. The zero-order chi connectivity index (χ0) is 15.7. The van der Waals surface area contributed by atoms with E-state index in [4.69, 9.17) is 5.11 Å². The van der Waals surface area contributed by atoms with Gasteiger partial charge in [0.25, 0.3) is 0 Å². The van der Waals surface area contributed by atoms with Gasteiger partial charge < -0.3 is 5.11 Å². The molecule has 1 heterocycles. The minimum Gasteiger partial charge on any atom is -0.396 e. The van der Waals surface area contributed by atoms with Crippen molar-refractivity contribution in [2.24, 2.45) is 0 Å². The van der Waals surface area contributed by atoms with Crippen LogP contribution in [0.2, 0.25) is 0 Å². The van der Waals surface area contributed by atoms with E-state index in [0.717, 1.165) is 36.2 Å². The Morgan fingerprint density at radius 2 is 1.82 bits per heavy atom. The van der Waals surface area contributed by atoms with Gasteiger partial charge in [0.15, 0.2) is 5.82 Å². The lowest BCUT2D eigenvalue weighted by Crippen LogP contribution is -2.05. The van der Waals surface area contributed by atoms with E-state index in [-0.39, 0.29) is 6.61 Å². The molecule has 2 aromatic rings. The summed E-state index contributed by atoms with van der Waals surface area (Å²) in [4.78, 5) is 8.74. The number of rotatable bonds is 4. The lowest BCUT2D eigenvalue weighted by Gasteiger charge is -2.10. The van der Waals surface area contributed by atoms with E-state index in [2.05, 4.69) is 9.97 Å². The Kier molecular flexibility index (Phi) is 3.87. The van der Waals surface area contributed by atoms with Gasteiger partial charge in [-0.3, -0.25) is 0 Å². The van der Waals surface area contributed by atoms with Crippen molar-refractivity contribution in [3.63, 3.8) is 0 Å². The average Bonchev–Trinajstić information content (AvgIpc) is 3.32. The Morgan fingerprint density at radius 1 is 1.14 bits per heavy atom. The van der Waals surface area contributed by atoms with Gasteiger partial charge in [-0.05, 0) is 37.0 Å². The molecule has 22 heavy (non-hydrogen) atoms. The van der Waals surface area contributed by atoms with Gasteiger partial charge in [0.2, 0.25) is 0 Å². The summed E-state index contributed by atoms with van der Waals surface area (Å²) >= 11 is 0. The van der Waals surface area contributed by atoms with E-state index < -0.39 is 11.7 Å². The molecule has 0 radical (unpaired) electrons. The summed E-state index contributed by atoms with van der Waals surface area (Å²) in [6.07, 6.45) is -0.0592. The molecule has 1 aliphatic rings. The first-order chi connectivity index (χ1) is 10.5. The third-order valence-electron chi connectivity index (χ3n) is 3.71. The van der Waals surface area contributed by atoms with Crippen LogP contribution < -0.4 is 0 Å². The summed E-state index contributed by atoms with van der Waals surface area (Å²) in [5.74, 6) is 0.815. The second-order valence-corrected chi connectivity index (χ2v) is 5.43. The third kappa shape index (κ3) is 3.11. The zero-order valence-electron chi connectivity index (χ0n) is 11.8. The van der Waals surface area contributed by atoms with Crippen molar-refractivity contribution >= 4 is 0 Å². The van der Waals surface area contributed by atoms with Crippen molar-refractivity contribution in [2.45, 2.75) is 31.4 Å². The molecule has 0 saturated heterocycles. The van der Waals surface area contributed by atoms with E-state index in [1.165, 1.54) is 12.1 Å². The summed E-state index contributed by atoms with van der Waals surface area (Å²) in [5, 5.41) is 9.08. The monoisotopic (exact) mass is 308 g/mol. The molecular formula is C16H15F3N2O. The van der Waals surface area contributed by atoms with Crippen molar-refractivity contribution in [3.8, 4) is 11.4 Å². The minimum absolute atomic E-state index is 0.0305. The van der Waals surface area contributed by atoms with Gasteiger partial charge in [-0.1, -0.05) is 12.1 Å². The van der Waals surface area contributed by atoms with Crippen LogP contribution in [0.3, 0.4) is 0 Å². The van der Waals surface area contributed by atoms with Crippen molar-refractivity contribution < 1.29 is 18.3 Å². The molecule has 0 unspecified atom stereocenters. The number of aromatic nitrogens is 2. The average molecular weight is 308 g/mol. The molecular weight excluding hydrogens is 293 g/mol. The molecule has 1 saturated carbocycles. The van der Waals surface area contributed by atoms with Crippen molar-refractivity contribution in [1.29, 1.82) is 0 Å². The number of aliphatic hydroxyl groups excluding tert-OH is 1. The first kappa shape index (κ1) is 15.0. The van der Waals surface area contributed by atoms with Crippen LogP contribution in [0, 0.1) is 0 Å². The van der Waals surface area contributed by atoms with Gasteiger partial charge in [-0.15, -0.1) is 0 Å². The van der Waals surface area contributed by atoms with Crippen molar-refractivity contribution in [1.82, 2.24) is 9.97 Å². The second kappa shape index (κ2) is 5.68. The maximum absolute atomic E-state index is 12.6. The quantitative estimate of drug-likeness (QED) is 0.939. The molecule has 1 N–H and O–H groups in total. The lowest BCUT2D eigenvalue weighted by atomic mass is 10.1. The number of aliphatic hydroxyl groups is 1. The smallest absolute Gasteiger partial charge is 0.396 e. The molecule has 3 nitrogen and oxygen atoms in total. The minimum atomic E-state index is -4.34. The van der Waals surface area contributed by atoms with E-state index in [0.29, 0.717) is 23.7 Å². The van der Waals surface area contributed by atoms with Crippen LogP contribution in [0.5, 0.6) is 0 Å². The molecule has 0 bridgehead atoms. The summed E-state index contributed by atoms with van der Waals surface area (Å²) in [5.41, 5.74) is 1.71. The molecule has 6 heteroatoms.